The van der Waals surface area contributed by atoms with Gasteiger partial charge in [0.1, 0.15) is 0 Å². The van der Waals surface area contributed by atoms with E-state index in [1.165, 1.54) is 11.1 Å². The smallest absolute Gasteiger partial charge is 0.193 e. The van der Waals surface area contributed by atoms with Gasteiger partial charge in [0.25, 0.3) is 0 Å². The third kappa shape index (κ3) is 2.07. The van der Waals surface area contributed by atoms with Crippen molar-refractivity contribution in [3.05, 3.63) is 70.8 Å². The van der Waals surface area contributed by atoms with Gasteiger partial charge in [-0.25, -0.2) is 0 Å². The summed E-state index contributed by atoms with van der Waals surface area (Å²) in [6.45, 7) is 4.45. The van der Waals surface area contributed by atoms with Crippen molar-refractivity contribution in [2.75, 3.05) is 0 Å². The fourth-order valence-corrected chi connectivity index (χ4v) is 3.41. The van der Waals surface area contributed by atoms with Crippen LogP contribution < -0.4 is 0 Å². The first kappa shape index (κ1) is 13.1. The lowest BCUT2D eigenvalue weighted by molar-refractivity contribution is 0.103. The van der Waals surface area contributed by atoms with Crippen LogP contribution in [-0.4, -0.2) is 5.78 Å². The van der Waals surface area contributed by atoms with Crippen LogP contribution in [0.2, 0.25) is 0 Å². The fraction of sp³-hybridized carbons (Fsp3) is 0.316. The molecule has 0 amide bonds. The van der Waals surface area contributed by atoms with Gasteiger partial charge in [-0.2, -0.15) is 0 Å². The minimum atomic E-state index is 0.182. The number of rotatable bonds is 1. The molecule has 2 atom stereocenters. The van der Waals surface area contributed by atoms with Gasteiger partial charge in [-0.05, 0) is 35.8 Å². The highest BCUT2D eigenvalue weighted by molar-refractivity contribution is 6.11. The summed E-state index contributed by atoms with van der Waals surface area (Å²) < 4.78 is 0. The predicted molar refractivity (Wildman–Crippen MR) is 82.4 cm³/mol. The summed E-state index contributed by atoms with van der Waals surface area (Å²) in [5.74, 6) is 1.08. The normalized spacial score (nSPS) is 21.6. The molecule has 2 aromatic rings. The van der Waals surface area contributed by atoms with Crippen molar-refractivity contribution in [2.24, 2.45) is 0 Å². The standard InChI is InChI=1S/C19H20O/c1-3-14-12-13(2)15-8-4-6-10-17(15)19(20)18-11-7-5-9-16(14)18/h4-11,13-14H,3,12H2,1-2H3. The molecule has 2 unspecified atom stereocenters. The molecule has 0 N–H and O–H groups in total. The van der Waals surface area contributed by atoms with Crippen LogP contribution in [-0.2, 0) is 0 Å². The SMILES string of the molecule is CCC1CC(C)c2ccccc2C(=O)c2ccccc21. The maximum absolute atomic E-state index is 12.9. The second kappa shape index (κ2) is 5.24. The van der Waals surface area contributed by atoms with Crippen LogP contribution in [0.4, 0.5) is 0 Å². The summed E-state index contributed by atoms with van der Waals surface area (Å²) in [6, 6.07) is 16.2. The molecule has 2 aromatic carbocycles. The summed E-state index contributed by atoms with van der Waals surface area (Å²) in [5.41, 5.74) is 4.19. The molecule has 0 radical (unpaired) electrons. The molecular weight excluding hydrogens is 244 g/mol. The van der Waals surface area contributed by atoms with Gasteiger partial charge in [0.15, 0.2) is 5.78 Å². The van der Waals surface area contributed by atoms with Gasteiger partial charge < -0.3 is 0 Å². The van der Waals surface area contributed by atoms with E-state index < -0.39 is 0 Å². The molecule has 0 bridgehead atoms. The van der Waals surface area contributed by atoms with Crippen molar-refractivity contribution in [1.82, 2.24) is 0 Å². The molecule has 0 saturated carbocycles. The Kier molecular flexibility index (Phi) is 3.43. The Hall–Kier alpha value is -1.89. The van der Waals surface area contributed by atoms with Gasteiger partial charge in [-0.3, -0.25) is 4.79 Å². The van der Waals surface area contributed by atoms with Gasteiger partial charge in [-0.1, -0.05) is 62.4 Å². The van der Waals surface area contributed by atoms with E-state index in [0.29, 0.717) is 11.8 Å². The highest BCUT2D eigenvalue weighted by Gasteiger charge is 2.27. The molecule has 1 aliphatic carbocycles. The van der Waals surface area contributed by atoms with Crippen molar-refractivity contribution < 1.29 is 4.79 Å². The van der Waals surface area contributed by atoms with Gasteiger partial charge in [0.05, 0.1) is 0 Å². The first-order valence-electron chi connectivity index (χ1n) is 7.45. The van der Waals surface area contributed by atoms with Crippen molar-refractivity contribution in [3.8, 4) is 0 Å². The molecule has 0 heterocycles. The third-order valence-electron chi connectivity index (χ3n) is 4.51. The quantitative estimate of drug-likeness (QED) is 0.714. The number of carbonyl (C=O) groups is 1. The Morgan fingerprint density at radius 1 is 0.950 bits per heavy atom. The van der Waals surface area contributed by atoms with E-state index in [-0.39, 0.29) is 5.78 Å². The van der Waals surface area contributed by atoms with Crippen molar-refractivity contribution in [2.45, 2.75) is 38.5 Å². The van der Waals surface area contributed by atoms with Crippen LogP contribution >= 0.6 is 0 Å². The number of benzene rings is 2. The molecule has 0 saturated heterocycles. The molecule has 1 heteroatoms. The second-order valence-corrected chi connectivity index (χ2v) is 5.75. The van der Waals surface area contributed by atoms with Crippen LogP contribution in [0.25, 0.3) is 0 Å². The van der Waals surface area contributed by atoms with Crippen molar-refractivity contribution in [1.29, 1.82) is 0 Å². The lowest BCUT2D eigenvalue weighted by Crippen LogP contribution is -2.17. The largest absolute Gasteiger partial charge is 0.289 e. The number of fused-ring (bicyclic) bond motifs is 2. The zero-order valence-corrected chi connectivity index (χ0v) is 12.1. The number of hydrogen-bond acceptors (Lipinski definition) is 1. The van der Waals surface area contributed by atoms with Crippen molar-refractivity contribution >= 4 is 5.78 Å². The van der Waals surface area contributed by atoms with E-state index >= 15 is 0 Å². The van der Waals surface area contributed by atoms with E-state index in [2.05, 4.69) is 26.0 Å². The molecule has 0 aromatic heterocycles. The van der Waals surface area contributed by atoms with Crippen LogP contribution in [0.3, 0.4) is 0 Å². The molecule has 102 valence electrons. The maximum Gasteiger partial charge on any atom is 0.193 e. The van der Waals surface area contributed by atoms with Crippen LogP contribution in [0.1, 0.15) is 65.6 Å². The first-order chi connectivity index (χ1) is 9.72. The number of carbonyl (C=O) groups excluding carboxylic acids is 1. The van der Waals surface area contributed by atoms with Gasteiger partial charge >= 0.3 is 0 Å². The Balaban J connectivity index is 2.23. The van der Waals surface area contributed by atoms with Crippen LogP contribution in [0, 0.1) is 0 Å². The zero-order chi connectivity index (χ0) is 14.1. The monoisotopic (exact) mass is 264 g/mol. The van der Waals surface area contributed by atoms with E-state index in [1.807, 2.05) is 36.4 Å². The summed E-state index contributed by atoms with van der Waals surface area (Å²) in [4.78, 5) is 12.9. The third-order valence-corrected chi connectivity index (χ3v) is 4.51. The molecular formula is C19H20O. The van der Waals surface area contributed by atoms with Gasteiger partial charge in [0, 0.05) is 11.1 Å². The summed E-state index contributed by atoms with van der Waals surface area (Å²) in [5, 5.41) is 0. The maximum atomic E-state index is 12.9. The van der Waals surface area contributed by atoms with Gasteiger partial charge in [-0.15, -0.1) is 0 Å². The van der Waals surface area contributed by atoms with Crippen LogP contribution in [0.5, 0.6) is 0 Å². The molecule has 0 spiro atoms. The average Bonchev–Trinajstić information content (AvgIpc) is 2.51. The highest BCUT2D eigenvalue weighted by atomic mass is 16.1. The van der Waals surface area contributed by atoms with E-state index in [1.54, 1.807) is 0 Å². The topological polar surface area (TPSA) is 17.1 Å². The van der Waals surface area contributed by atoms with E-state index in [9.17, 15) is 4.79 Å². The molecule has 3 rings (SSSR count). The Morgan fingerprint density at radius 3 is 2.15 bits per heavy atom. The highest BCUT2D eigenvalue weighted by Crippen LogP contribution is 2.38. The first-order valence-corrected chi connectivity index (χ1v) is 7.45. The molecule has 1 aliphatic rings. The Bertz CT molecular complexity index is 642. The average molecular weight is 264 g/mol. The predicted octanol–water partition coefficient (Wildman–Crippen LogP) is 4.92. The van der Waals surface area contributed by atoms with Crippen molar-refractivity contribution in [3.63, 3.8) is 0 Å². The van der Waals surface area contributed by atoms with Gasteiger partial charge in [0.2, 0.25) is 0 Å². The Morgan fingerprint density at radius 2 is 1.50 bits per heavy atom. The molecule has 0 aliphatic heterocycles. The Labute approximate surface area is 120 Å². The number of hydrogen-bond donors (Lipinski definition) is 0. The number of ketones is 1. The fourth-order valence-electron chi connectivity index (χ4n) is 3.41. The van der Waals surface area contributed by atoms with E-state index in [4.69, 9.17) is 0 Å². The lowest BCUT2D eigenvalue weighted by Gasteiger charge is -2.27. The summed E-state index contributed by atoms with van der Waals surface area (Å²) in [6.07, 6.45) is 2.19. The minimum Gasteiger partial charge on any atom is -0.289 e. The molecule has 1 nitrogen and oxygen atoms in total. The molecule has 20 heavy (non-hydrogen) atoms. The lowest BCUT2D eigenvalue weighted by atomic mass is 9.77. The zero-order valence-electron chi connectivity index (χ0n) is 12.1. The summed E-state index contributed by atoms with van der Waals surface area (Å²) in [7, 11) is 0. The second-order valence-electron chi connectivity index (χ2n) is 5.75. The molecule has 0 fully saturated rings. The summed E-state index contributed by atoms with van der Waals surface area (Å²) >= 11 is 0. The minimum absolute atomic E-state index is 0.182. The van der Waals surface area contributed by atoms with Crippen LogP contribution in [0.15, 0.2) is 48.5 Å². The van der Waals surface area contributed by atoms with E-state index in [0.717, 1.165) is 24.0 Å².